The molecule has 28 heavy (non-hydrogen) atoms. The van der Waals surface area contributed by atoms with E-state index in [1.54, 1.807) is 29.7 Å². The molecule has 10 nitrogen and oxygen atoms in total. The van der Waals surface area contributed by atoms with Gasteiger partial charge >= 0.3 is 0 Å². The first-order valence-electron chi connectivity index (χ1n) is 9.05. The monoisotopic (exact) mass is 383 g/mol. The Bertz CT molecular complexity index is 1140. The zero-order chi connectivity index (χ0) is 20.0. The fourth-order valence-corrected chi connectivity index (χ4v) is 3.81. The largest absolute Gasteiger partial charge is 0.365 e. The molecule has 0 saturated carbocycles. The number of aromatic nitrogens is 5. The van der Waals surface area contributed by atoms with E-state index in [0.717, 1.165) is 12.8 Å². The molecule has 1 aliphatic rings. The minimum atomic E-state index is -0.526. The summed E-state index contributed by atoms with van der Waals surface area (Å²) >= 11 is 0. The van der Waals surface area contributed by atoms with Gasteiger partial charge in [0.15, 0.2) is 5.65 Å². The number of amides is 2. The summed E-state index contributed by atoms with van der Waals surface area (Å²) in [6.45, 7) is 2.72. The molecule has 10 heteroatoms. The van der Waals surface area contributed by atoms with Crippen LogP contribution in [-0.4, -0.2) is 54.2 Å². The number of aryl methyl sites for hydroxylation is 2. The van der Waals surface area contributed by atoms with Crippen molar-refractivity contribution < 1.29 is 9.59 Å². The van der Waals surface area contributed by atoms with Gasteiger partial charge in [-0.15, -0.1) is 0 Å². The van der Waals surface area contributed by atoms with Crippen LogP contribution in [-0.2, 0) is 7.05 Å². The summed E-state index contributed by atoms with van der Waals surface area (Å²) in [5.74, 6) is -0.816. The summed E-state index contributed by atoms with van der Waals surface area (Å²) in [4.78, 5) is 43.0. The first kappa shape index (κ1) is 18.0. The van der Waals surface area contributed by atoms with E-state index in [0.29, 0.717) is 41.3 Å². The molecule has 0 bridgehead atoms. The Hall–Kier alpha value is -3.43. The maximum Gasteiger partial charge on any atom is 0.272 e. The van der Waals surface area contributed by atoms with Crippen molar-refractivity contribution in [3.05, 3.63) is 51.3 Å². The van der Waals surface area contributed by atoms with E-state index in [9.17, 15) is 14.4 Å². The highest BCUT2D eigenvalue weighted by molar-refractivity contribution is 5.99. The van der Waals surface area contributed by atoms with Crippen molar-refractivity contribution in [2.24, 2.45) is 12.8 Å². The van der Waals surface area contributed by atoms with Gasteiger partial charge in [-0.05, 0) is 19.8 Å². The van der Waals surface area contributed by atoms with Gasteiger partial charge in [0.1, 0.15) is 5.56 Å². The van der Waals surface area contributed by atoms with Crippen molar-refractivity contribution in [3.8, 4) is 0 Å². The molecule has 0 radical (unpaired) electrons. The standard InChI is InChI=1S/C18H21N7O3/c1-10-6-14(26)25-17(21-10)12(7-20-25)18(28)24-5-3-4-11(8-24)15-13(16(19)27)9-23(2)22-15/h6-7,9,11,20H,3-5,8H2,1-2H3,(H2,19,27). The van der Waals surface area contributed by atoms with Gasteiger partial charge in [0.2, 0.25) is 0 Å². The molecule has 0 aromatic carbocycles. The average Bonchev–Trinajstić information content (AvgIpc) is 3.25. The highest BCUT2D eigenvalue weighted by Crippen LogP contribution is 2.29. The number of primary amides is 1. The summed E-state index contributed by atoms with van der Waals surface area (Å²) in [5, 5.41) is 7.19. The lowest BCUT2D eigenvalue weighted by atomic mass is 9.92. The molecule has 4 rings (SSSR count). The summed E-state index contributed by atoms with van der Waals surface area (Å²) in [6, 6.07) is 1.40. The zero-order valence-electron chi connectivity index (χ0n) is 15.7. The number of nitrogens with one attached hydrogen (secondary N) is 1. The van der Waals surface area contributed by atoms with Gasteiger partial charge in [0.25, 0.3) is 17.4 Å². The fraction of sp³-hybridized carbons (Fsp3) is 0.389. The number of fused-ring (bicyclic) bond motifs is 1. The third-order valence-corrected chi connectivity index (χ3v) is 5.07. The molecule has 1 fully saturated rings. The van der Waals surface area contributed by atoms with Crippen LogP contribution in [0.4, 0.5) is 0 Å². The van der Waals surface area contributed by atoms with Crippen molar-refractivity contribution in [1.82, 2.24) is 29.3 Å². The van der Waals surface area contributed by atoms with E-state index in [2.05, 4.69) is 15.2 Å². The Kier molecular flexibility index (Phi) is 4.25. The smallest absolute Gasteiger partial charge is 0.272 e. The highest BCUT2D eigenvalue weighted by atomic mass is 16.2. The number of likely N-dealkylation sites (tertiary alicyclic amines) is 1. The second-order valence-corrected chi connectivity index (χ2v) is 7.14. The average molecular weight is 383 g/mol. The molecule has 1 atom stereocenters. The number of carbonyl (C=O) groups excluding carboxylic acids is 2. The number of hydrogen-bond acceptors (Lipinski definition) is 5. The second kappa shape index (κ2) is 6.63. The van der Waals surface area contributed by atoms with Gasteiger partial charge < -0.3 is 10.6 Å². The van der Waals surface area contributed by atoms with Crippen LogP contribution in [0.5, 0.6) is 0 Å². The van der Waals surface area contributed by atoms with Gasteiger partial charge in [-0.2, -0.15) is 5.10 Å². The van der Waals surface area contributed by atoms with E-state index in [4.69, 9.17) is 5.73 Å². The van der Waals surface area contributed by atoms with E-state index in [1.165, 1.54) is 16.8 Å². The third kappa shape index (κ3) is 2.96. The summed E-state index contributed by atoms with van der Waals surface area (Å²) in [7, 11) is 1.74. The lowest BCUT2D eigenvalue weighted by molar-refractivity contribution is 0.0707. The van der Waals surface area contributed by atoms with Gasteiger partial charge in [-0.25, -0.2) is 9.50 Å². The molecule has 3 N–H and O–H groups in total. The van der Waals surface area contributed by atoms with E-state index in [1.807, 2.05) is 0 Å². The van der Waals surface area contributed by atoms with Crippen molar-refractivity contribution in [1.29, 1.82) is 0 Å². The molecule has 3 aromatic rings. The fourth-order valence-electron chi connectivity index (χ4n) is 3.81. The van der Waals surface area contributed by atoms with Crippen molar-refractivity contribution in [2.75, 3.05) is 13.1 Å². The minimum Gasteiger partial charge on any atom is -0.365 e. The number of piperidine rings is 1. The van der Waals surface area contributed by atoms with Gasteiger partial charge in [-0.3, -0.25) is 24.2 Å². The second-order valence-electron chi connectivity index (χ2n) is 7.14. The molecule has 1 aliphatic heterocycles. The lowest BCUT2D eigenvalue weighted by Crippen LogP contribution is -2.39. The van der Waals surface area contributed by atoms with Crippen LogP contribution >= 0.6 is 0 Å². The molecule has 1 saturated heterocycles. The number of rotatable bonds is 3. The predicted molar refractivity (Wildman–Crippen MR) is 100 cm³/mol. The maximum atomic E-state index is 13.1. The van der Waals surface area contributed by atoms with Crippen LogP contribution in [0.1, 0.15) is 50.9 Å². The topological polar surface area (TPSA) is 131 Å². The SMILES string of the molecule is Cc1cc(=O)n2[nH]cc(C(=O)N3CCCC(c4nn(C)cc4C(N)=O)C3)c2n1. The lowest BCUT2D eigenvalue weighted by Gasteiger charge is -2.32. The number of nitrogens with zero attached hydrogens (tertiary/aromatic N) is 5. The Morgan fingerprint density at radius 2 is 2.11 bits per heavy atom. The molecular weight excluding hydrogens is 362 g/mol. The van der Waals surface area contributed by atoms with Crippen molar-refractivity contribution >= 4 is 17.5 Å². The quantitative estimate of drug-likeness (QED) is 0.666. The zero-order valence-corrected chi connectivity index (χ0v) is 15.7. The molecule has 4 heterocycles. The van der Waals surface area contributed by atoms with Crippen molar-refractivity contribution in [3.63, 3.8) is 0 Å². The Morgan fingerprint density at radius 3 is 2.86 bits per heavy atom. The van der Waals surface area contributed by atoms with Crippen LogP contribution in [0.25, 0.3) is 5.65 Å². The third-order valence-electron chi connectivity index (χ3n) is 5.07. The first-order chi connectivity index (χ1) is 13.3. The first-order valence-corrected chi connectivity index (χ1v) is 9.05. The van der Waals surface area contributed by atoms with Crippen LogP contribution in [0.2, 0.25) is 0 Å². The van der Waals surface area contributed by atoms with E-state index in [-0.39, 0.29) is 17.4 Å². The maximum absolute atomic E-state index is 13.1. The van der Waals surface area contributed by atoms with Gasteiger partial charge in [0.05, 0.1) is 11.3 Å². The molecule has 146 valence electrons. The number of carbonyl (C=O) groups is 2. The summed E-state index contributed by atoms with van der Waals surface area (Å²) < 4.78 is 2.82. The molecular formula is C18H21N7O3. The number of H-pyrrole nitrogens is 1. The summed E-state index contributed by atoms with van der Waals surface area (Å²) in [6.07, 6.45) is 4.70. The Balaban J connectivity index is 1.65. The summed E-state index contributed by atoms with van der Waals surface area (Å²) in [5.41, 5.74) is 7.43. The highest BCUT2D eigenvalue weighted by Gasteiger charge is 2.31. The molecule has 3 aromatic heterocycles. The number of hydrogen-bond donors (Lipinski definition) is 2. The molecule has 2 amide bonds. The molecule has 0 aliphatic carbocycles. The Labute approximate surface area is 159 Å². The molecule has 0 spiro atoms. The van der Waals surface area contributed by atoms with Crippen molar-refractivity contribution in [2.45, 2.75) is 25.7 Å². The number of nitrogens with two attached hydrogens (primary N) is 1. The van der Waals surface area contributed by atoms with E-state index >= 15 is 0 Å². The number of aromatic amines is 1. The normalized spacial score (nSPS) is 17.2. The Morgan fingerprint density at radius 1 is 1.32 bits per heavy atom. The van der Waals surface area contributed by atoms with Crippen LogP contribution in [0, 0.1) is 6.92 Å². The van der Waals surface area contributed by atoms with Gasteiger partial charge in [0, 0.05) is 50.2 Å². The predicted octanol–water partition coefficient (Wildman–Crippen LogP) is 0.183. The van der Waals surface area contributed by atoms with Crippen LogP contribution in [0.15, 0.2) is 23.3 Å². The van der Waals surface area contributed by atoms with Crippen LogP contribution in [0.3, 0.4) is 0 Å². The minimum absolute atomic E-state index is 0.0796. The van der Waals surface area contributed by atoms with E-state index < -0.39 is 5.91 Å². The molecule has 1 unspecified atom stereocenters. The van der Waals surface area contributed by atoms with Gasteiger partial charge in [-0.1, -0.05) is 0 Å². The van der Waals surface area contributed by atoms with Crippen LogP contribution < -0.4 is 11.3 Å².